The van der Waals surface area contributed by atoms with E-state index in [0.717, 1.165) is 22.3 Å². The molecular weight excluding hydrogens is 408 g/mol. The maximum Gasteiger partial charge on any atom is 0.329 e. The first-order valence-electron chi connectivity index (χ1n) is 10.4. The van der Waals surface area contributed by atoms with Crippen molar-refractivity contribution in [2.75, 3.05) is 11.9 Å². The summed E-state index contributed by atoms with van der Waals surface area (Å²) in [5.74, 6) is -1.32. The van der Waals surface area contributed by atoms with Gasteiger partial charge in [-0.25, -0.2) is 4.79 Å². The van der Waals surface area contributed by atoms with Crippen molar-refractivity contribution < 1.29 is 23.5 Å². The number of rotatable bonds is 5. The van der Waals surface area contributed by atoms with Crippen LogP contribution in [0.25, 0.3) is 0 Å². The molecule has 164 valence electrons. The molecule has 1 atom stereocenters. The number of carbonyl (C=O) groups excluding carboxylic acids is 3. The van der Waals surface area contributed by atoms with E-state index in [0.29, 0.717) is 12.1 Å². The summed E-state index contributed by atoms with van der Waals surface area (Å²) in [5, 5.41) is 2.77. The fraction of sp³-hybridized carbons (Fsp3) is 0.240. The van der Waals surface area contributed by atoms with Crippen LogP contribution in [0.4, 0.5) is 5.69 Å². The van der Waals surface area contributed by atoms with Crippen LogP contribution in [-0.2, 0) is 27.3 Å². The van der Waals surface area contributed by atoms with E-state index in [1.165, 1.54) is 11.2 Å². The number of hydrogen-bond acceptors (Lipinski definition) is 5. The van der Waals surface area contributed by atoms with Crippen LogP contribution in [0, 0.1) is 13.8 Å². The van der Waals surface area contributed by atoms with Gasteiger partial charge in [-0.2, -0.15) is 0 Å². The van der Waals surface area contributed by atoms with Gasteiger partial charge in [-0.05, 0) is 54.3 Å². The zero-order valence-corrected chi connectivity index (χ0v) is 18.0. The first-order valence-corrected chi connectivity index (χ1v) is 10.4. The minimum absolute atomic E-state index is 0.148. The first kappa shape index (κ1) is 21.4. The summed E-state index contributed by atoms with van der Waals surface area (Å²) in [5.41, 5.74) is 4.60. The zero-order chi connectivity index (χ0) is 22.7. The van der Waals surface area contributed by atoms with Crippen LogP contribution in [0.2, 0.25) is 0 Å². The normalized spacial score (nSPS) is 15.1. The van der Waals surface area contributed by atoms with Crippen LogP contribution in [0.3, 0.4) is 0 Å². The van der Waals surface area contributed by atoms with Crippen molar-refractivity contribution in [3.05, 3.63) is 88.9 Å². The number of aryl methyl sites for hydroxylation is 1. The van der Waals surface area contributed by atoms with E-state index < -0.39 is 30.4 Å². The van der Waals surface area contributed by atoms with Gasteiger partial charge in [0.05, 0.1) is 6.26 Å². The average Bonchev–Trinajstić information content (AvgIpc) is 3.34. The topological polar surface area (TPSA) is 88.9 Å². The second kappa shape index (κ2) is 9.09. The van der Waals surface area contributed by atoms with Crippen molar-refractivity contribution in [2.24, 2.45) is 0 Å². The van der Waals surface area contributed by atoms with Crippen molar-refractivity contribution in [2.45, 2.75) is 32.9 Å². The molecule has 2 heterocycles. The summed E-state index contributed by atoms with van der Waals surface area (Å²) in [6.45, 7) is 3.68. The fourth-order valence-corrected chi connectivity index (χ4v) is 3.79. The lowest BCUT2D eigenvalue weighted by Crippen LogP contribution is -2.49. The molecule has 1 aliphatic heterocycles. The van der Waals surface area contributed by atoms with Gasteiger partial charge in [0, 0.05) is 18.7 Å². The Balaban J connectivity index is 1.47. The highest BCUT2D eigenvalue weighted by atomic mass is 16.5. The number of amides is 2. The van der Waals surface area contributed by atoms with Crippen LogP contribution in [0.1, 0.15) is 32.8 Å². The molecule has 0 saturated carbocycles. The average molecular weight is 432 g/mol. The summed E-state index contributed by atoms with van der Waals surface area (Å²) in [4.78, 5) is 39.7. The molecule has 1 aliphatic rings. The van der Waals surface area contributed by atoms with Gasteiger partial charge in [-0.15, -0.1) is 0 Å². The van der Waals surface area contributed by atoms with Gasteiger partial charge in [0.1, 0.15) is 6.04 Å². The molecule has 4 rings (SSSR count). The Hall–Kier alpha value is -3.87. The number of nitrogens with one attached hydrogen (secondary N) is 1. The molecular formula is C25H24N2O5. The molecule has 0 spiro atoms. The largest absolute Gasteiger partial charge is 0.459 e. The number of ether oxygens (including phenoxy) is 1. The van der Waals surface area contributed by atoms with Crippen molar-refractivity contribution in [3.63, 3.8) is 0 Å². The van der Waals surface area contributed by atoms with Crippen molar-refractivity contribution >= 4 is 23.5 Å². The van der Waals surface area contributed by atoms with Crippen LogP contribution in [0.5, 0.6) is 0 Å². The number of fused-ring (bicyclic) bond motifs is 1. The van der Waals surface area contributed by atoms with Crippen LogP contribution < -0.4 is 5.32 Å². The van der Waals surface area contributed by atoms with Gasteiger partial charge in [-0.1, -0.05) is 36.4 Å². The molecule has 32 heavy (non-hydrogen) atoms. The maximum atomic E-state index is 13.0. The third-order valence-electron chi connectivity index (χ3n) is 5.74. The van der Waals surface area contributed by atoms with Crippen LogP contribution in [0.15, 0.2) is 65.3 Å². The van der Waals surface area contributed by atoms with Crippen molar-refractivity contribution in [1.29, 1.82) is 0 Å². The molecule has 7 heteroatoms. The van der Waals surface area contributed by atoms with E-state index in [9.17, 15) is 14.4 Å². The summed E-state index contributed by atoms with van der Waals surface area (Å²) in [6.07, 6.45) is 1.72. The minimum Gasteiger partial charge on any atom is -0.459 e. The van der Waals surface area contributed by atoms with Crippen molar-refractivity contribution in [3.8, 4) is 0 Å². The molecule has 0 radical (unpaired) electrons. The van der Waals surface area contributed by atoms with Gasteiger partial charge < -0.3 is 19.4 Å². The predicted molar refractivity (Wildman–Crippen MR) is 118 cm³/mol. The second-order valence-electron chi connectivity index (χ2n) is 7.80. The van der Waals surface area contributed by atoms with Crippen LogP contribution >= 0.6 is 0 Å². The number of benzene rings is 2. The fourth-order valence-electron chi connectivity index (χ4n) is 3.79. The molecule has 7 nitrogen and oxygen atoms in total. The monoisotopic (exact) mass is 432 g/mol. The molecule has 0 bridgehead atoms. The Kier molecular flexibility index (Phi) is 6.07. The number of furan rings is 1. The molecule has 2 aromatic carbocycles. The standard InChI is InChI=1S/C25H24N2O5/c1-16-7-5-10-20(17(16)2)26-23(28)15-32-25(30)21-13-18-8-3-4-9-19(18)14-27(21)24(29)22-11-6-12-31-22/h3-12,21H,13-15H2,1-2H3,(H,26,28)/t21-/m0/s1. The lowest BCUT2D eigenvalue weighted by molar-refractivity contribution is -0.152. The van der Waals surface area contributed by atoms with Crippen LogP contribution in [-0.4, -0.2) is 35.3 Å². The summed E-state index contributed by atoms with van der Waals surface area (Å²) >= 11 is 0. The number of nitrogens with zero attached hydrogens (tertiary/aromatic N) is 1. The quantitative estimate of drug-likeness (QED) is 0.622. The second-order valence-corrected chi connectivity index (χ2v) is 7.80. The van der Waals surface area contributed by atoms with E-state index in [4.69, 9.17) is 9.15 Å². The predicted octanol–water partition coefficient (Wildman–Crippen LogP) is 3.65. The lowest BCUT2D eigenvalue weighted by atomic mass is 9.93. The van der Waals surface area contributed by atoms with E-state index in [1.54, 1.807) is 18.2 Å². The third kappa shape index (κ3) is 4.42. The van der Waals surface area contributed by atoms with E-state index >= 15 is 0 Å². The summed E-state index contributed by atoms with van der Waals surface area (Å²) in [6, 6.07) is 15.6. The third-order valence-corrected chi connectivity index (χ3v) is 5.74. The van der Waals surface area contributed by atoms with E-state index in [-0.39, 0.29) is 12.3 Å². The highest BCUT2D eigenvalue weighted by molar-refractivity contribution is 5.96. The molecule has 0 aliphatic carbocycles. The molecule has 2 amide bonds. The van der Waals surface area contributed by atoms with Gasteiger partial charge in [-0.3, -0.25) is 9.59 Å². The Morgan fingerprint density at radius 2 is 1.81 bits per heavy atom. The van der Waals surface area contributed by atoms with Gasteiger partial charge >= 0.3 is 5.97 Å². The number of carbonyl (C=O) groups is 3. The molecule has 0 fully saturated rings. The number of esters is 1. The number of hydrogen-bond donors (Lipinski definition) is 1. The molecule has 0 saturated heterocycles. The Morgan fingerprint density at radius 3 is 2.56 bits per heavy atom. The minimum atomic E-state index is -0.851. The van der Waals surface area contributed by atoms with E-state index in [1.807, 2.05) is 50.2 Å². The highest BCUT2D eigenvalue weighted by Crippen LogP contribution is 2.26. The summed E-state index contributed by atoms with van der Waals surface area (Å²) < 4.78 is 10.6. The van der Waals surface area contributed by atoms with Gasteiger partial charge in [0.25, 0.3) is 11.8 Å². The molecule has 1 N–H and O–H groups in total. The maximum absolute atomic E-state index is 13.0. The number of anilines is 1. The van der Waals surface area contributed by atoms with Crippen molar-refractivity contribution in [1.82, 2.24) is 4.90 Å². The Labute approximate surface area is 186 Å². The molecule has 0 unspecified atom stereocenters. The van der Waals surface area contributed by atoms with Gasteiger partial charge in [0.2, 0.25) is 0 Å². The highest BCUT2D eigenvalue weighted by Gasteiger charge is 2.37. The van der Waals surface area contributed by atoms with Gasteiger partial charge in [0.15, 0.2) is 12.4 Å². The molecule has 1 aromatic heterocycles. The zero-order valence-electron chi connectivity index (χ0n) is 18.0. The lowest BCUT2D eigenvalue weighted by Gasteiger charge is -2.34. The smallest absolute Gasteiger partial charge is 0.329 e. The first-order chi connectivity index (χ1) is 15.4. The Morgan fingerprint density at radius 1 is 1.03 bits per heavy atom. The SMILES string of the molecule is Cc1cccc(NC(=O)COC(=O)[C@@H]2Cc3ccccc3CN2C(=O)c2ccco2)c1C. The summed E-state index contributed by atoms with van der Waals surface area (Å²) in [7, 11) is 0. The van der Waals surface area contributed by atoms with E-state index in [2.05, 4.69) is 5.32 Å². The molecule has 3 aromatic rings. The Bertz CT molecular complexity index is 1150.